The SMILES string of the molecule is O=C(NS(=O)(=O)Cc1ccccc1)OC(=O)N1CCCCC1. The van der Waals surface area contributed by atoms with E-state index in [1.54, 1.807) is 35.1 Å². The van der Waals surface area contributed by atoms with E-state index in [0.29, 0.717) is 18.7 Å². The molecule has 1 aliphatic rings. The number of carbonyl (C=O) groups excluding carboxylic acids is 2. The van der Waals surface area contributed by atoms with Crippen molar-refractivity contribution < 1.29 is 22.7 Å². The largest absolute Gasteiger partial charge is 0.429 e. The van der Waals surface area contributed by atoms with Crippen LogP contribution in [-0.2, 0) is 20.5 Å². The summed E-state index contributed by atoms with van der Waals surface area (Å²) in [6.07, 6.45) is 0.645. The molecule has 0 bridgehead atoms. The maximum absolute atomic E-state index is 11.8. The minimum atomic E-state index is -3.91. The number of hydrogen-bond acceptors (Lipinski definition) is 5. The summed E-state index contributed by atoms with van der Waals surface area (Å²) in [6, 6.07) is 8.41. The molecule has 0 atom stereocenters. The molecule has 1 aromatic rings. The van der Waals surface area contributed by atoms with Gasteiger partial charge in [-0.1, -0.05) is 30.3 Å². The number of ether oxygens (including phenoxy) is 1. The number of piperidine rings is 1. The number of nitrogens with one attached hydrogen (secondary N) is 1. The first-order valence-corrected chi connectivity index (χ1v) is 8.67. The first kappa shape index (κ1) is 16.3. The Morgan fingerprint density at radius 1 is 1.09 bits per heavy atom. The molecule has 0 unspecified atom stereocenters. The van der Waals surface area contributed by atoms with Crippen LogP contribution < -0.4 is 4.72 Å². The average Bonchev–Trinajstić information content (AvgIpc) is 2.47. The third-order valence-electron chi connectivity index (χ3n) is 3.23. The van der Waals surface area contributed by atoms with E-state index < -0.39 is 22.2 Å². The van der Waals surface area contributed by atoms with E-state index in [9.17, 15) is 18.0 Å². The molecule has 120 valence electrons. The van der Waals surface area contributed by atoms with E-state index in [0.717, 1.165) is 19.3 Å². The van der Waals surface area contributed by atoms with Gasteiger partial charge in [0.05, 0.1) is 5.75 Å². The molecular weight excluding hydrogens is 308 g/mol. The smallest absolute Gasteiger partial charge is 0.359 e. The van der Waals surface area contributed by atoms with Crippen molar-refractivity contribution in [3.05, 3.63) is 35.9 Å². The van der Waals surface area contributed by atoms with Gasteiger partial charge in [-0.05, 0) is 24.8 Å². The highest BCUT2D eigenvalue weighted by Gasteiger charge is 2.23. The lowest BCUT2D eigenvalue weighted by Crippen LogP contribution is -2.40. The second-order valence-corrected chi connectivity index (χ2v) is 6.77. The van der Waals surface area contributed by atoms with Gasteiger partial charge in [0, 0.05) is 13.1 Å². The number of benzene rings is 1. The number of carbonyl (C=O) groups is 2. The molecule has 1 aliphatic heterocycles. The maximum Gasteiger partial charge on any atom is 0.429 e. The highest BCUT2D eigenvalue weighted by atomic mass is 32.2. The molecule has 0 aliphatic carbocycles. The molecule has 0 spiro atoms. The average molecular weight is 326 g/mol. The van der Waals surface area contributed by atoms with Gasteiger partial charge in [0.15, 0.2) is 0 Å². The Bertz CT molecular complexity index is 624. The molecule has 1 N–H and O–H groups in total. The number of sulfonamides is 1. The fourth-order valence-corrected chi connectivity index (χ4v) is 3.20. The number of likely N-dealkylation sites (tertiary alicyclic amines) is 1. The highest BCUT2D eigenvalue weighted by molar-refractivity contribution is 7.89. The Labute approximate surface area is 129 Å². The molecule has 1 saturated heterocycles. The van der Waals surface area contributed by atoms with Crippen LogP contribution in [-0.4, -0.2) is 38.6 Å². The van der Waals surface area contributed by atoms with Gasteiger partial charge in [-0.25, -0.2) is 22.7 Å². The second-order valence-electron chi connectivity index (χ2n) is 5.05. The normalized spacial score (nSPS) is 15.2. The van der Waals surface area contributed by atoms with Crippen LogP contribution in [0.4, 0.5) is 9.59 Å². The van der Waals surface area contributed by atoms with Crippen LogP contribution in [0, 0.1) is 0 Å². The summed E-state index contributed by atoms with van der Waals surface area (Å²) in [4.78, 5) is 24.6. The fourth-order valence-electron chi connectivity index (χ4n) is 2.20. The predicted octanol–water partition coefficient (Wildman–Crippen LogP) is 1.85. The summed E-state index contributed by atoms with van der Waals surface area (Å²) in [6.45, 7) is 1.03. The van der Waals surface area contributed by atoms with Gasteiger partial charge in [-0.3, -0.25) is 0 Å². The standard InChI is InChI=1S/C14H18N2O5S/c17-13(21-14(18)16-9-5-2-6-10-16)15-22(19,20)11-12-7-3-1-4-8-12/h1,3-4,7-8H,2,5-6,9-11H2,(H,15,17). The maximum atomic E-state index is 11.8. The molecule has 0 aromatic heterocycles. The van der Waals surface area contributed by atoms with Gasteiger partial charge in [-0.2, -0.15) is 0 Å². The Kier molecular flexibility index (Phi) is 5.37. The van der Waals surface area contributed by atoms with Crippen LogP contribution in [0.25, 0.3) is 0 Å². The van der Waals surface area contributed by atoms with Crippen molar-refractivity contribution in [1.29, 1.82) is 0 Å². The molecule has 1 aromatic carbocycles. The summed E-state index contributed by atoms with van der Waals surface area (Å²) in [7, 11) is -3.91. The quantitative estimate of drug-likeness (QED) is 0.856. The molecule has 2 rings (SSSR count). The monoisotopic (exact) mass is 326 g/mol. The number of rotatable bonds is 3. The molecule has 0 radical (unpaired) electrons. The van der Waals surface area contributed by atoms with Crippen molar-refractivity contribution in [3.8, 4) is 0 Å². The topological polar surface area (TPSA) is 92.8 Å². The number of hydrogen-bond donors (Lipinski definition) is 1. The molecule has 0 saturated carbocycles. The zero-order chi connectivity index (χ0) is 16.0. The molecule has 22 heavy (non-hydrogen) atoms. The van der Waals surface area contributed by atoms with Crippen molar-refractivity contribution in [3.63, 3.8) is 0 Å². The van der Waals surface area contributed by atoms with Gasteiger partial charge in [0.1, 0.15) is 0 Å². The first-order chi connectivity index (χ1) is 10.5. The van der Waals surface area contributed by atoms with Gasteiger partial charge in [0.25, 0.3) is 0 Å². The summed E-state index contributed by atoms with van der Waals surface area (Å²) in [5, 5.41) is 0. The molecule has 8 heteroatoms. The zero-order valence-electron chi connectivity index (χ0n) is 12.0. The third-order valence-corrected chi connectivity index (χ3v) is 4.42. The van der Waals surface area contributed by atoms with Crippen molar-refractivity contribution in [2.24, 2.45) is 0 Å². The molecule has 2 amide bonds. The van der Waals surface area contributed by atoms with E-state index in [1.807, 2.05) is 0 Å². The van der Waals surface area contributed by atoms with Crippen LogP contribution in [0.5, 0.6) is 0 Å². The first-order valence-electron chi connectivity index (χ1n) is 7.01. The fraction of sp³-hybridized carbons (Fsp3) is 0.429. The van der Waals surface area contributed by atoms with E-state index in [2.05, 4.69) is 4.74 Å². The Hall–Kier alpha value is -2.09. The Balaban J connectivity index is 1.86. The van der Waals surface area contributed by atoms with Crippen molar-refractivity contribution in [2.45, 2.75) is 25.0 Å². The van der Waals surface area contributed by atoms with Crippen LogP contribution in [0.15, 0.2) is 30.3 Å². The molecular formula is C14H18N2O5S. The van der Waals surface area contributed by atoms with E-state index in [1.165, 1.54) is 4.90 Å². The van der Waals surface area contributed by atoms with Crippen molar-refractivity contribution in [1.82, 2.24) is 9.62 Å². The third kappa shape index (κ3) is 5.03. The summed E-state index contributed by atoms with van der Waals surface area (Å²) >= 11 is 0. The Morgan fingerprint density at radius 2 is 1.73 bits per heavy atom. The van der Waals surface area contributed by atoms with Gasteiger partial charge >= 0.3 is 12.2 Å². The number of nitrogens with zero attached hydrogens (tertiary/aromatic N) is 1. The zero-order valence-corrected chi connectivity index (χ0v) is 12.8. The summed E-state index contributed by atoms with van der Waals surface area (Å²) in [5.74, 6) is -0.360. The van der Waals surface area contributed by atoms with Crippen molar-refractivity contribution in [2.75, 3.05) is 13.1 Å². The lowest BCUT2D eigenvalue weighted by atomic mass is 10.1. The van der Waals surface area contributed by atoms with Gasteiger partial charge in [-0.15, -0.1) is 0 Å². The molecule has 7 nitrogen and oxygen atoms in total. The van der Waals surface area contributed by atoms with E-state index in [4.69, 9.17) is 0 Å². The van der Waals surface area contributed by atoms with E-state index >= 15 is 0 Å². The molecule has 1 fully saturated rings. The highest BCUT2D eigenvalue weighted by Crippen LogP contribution is 2.10. The minimum Gasteiger partial charge on any atom is -0.359 e. The lowest BCUT2D eigenvalue weighted by molar-refractivity contribution is 0.113. The summed E-state index contributed by atoms with van der Waals surface area (Å²) < 4.78 is 29.9. The van der Waals surface area contributed by atoms with Crippen molar-refractivity contribution >= 4 is 22.2 Å². The van der Waals surface area contributed by atoms with Gasteiger partial charge < -0.3 is 9.64 Å². The Morgan fingerprint density at radius 3 is 2.36 bits per heavy atom. The predicted molar refractivity (Wildman–Crippen MR) is 79.5 cm³/mol. The van der Waals surface area contributed by atoms with Crippen LogP contribution in [0.2, 0.25) is 0 Å². The van der Waals surface area contributed by atoms with E-state index in [-0.39, 0.29) is 5.75 Å². The minimum absolute atomic E-state index is 0.360. The van der Waals surface area contributed by atoms with Gasteiger partial charge in [0.2, 0.25) is 10.0 Å². The summed E-state index contributed by atoms with van der Waals surface area (Å²) in [5.41, 5.74) is 0.533. The second kappa shape index (κ2) is 7.26. The van der Waals surface area contributed by atoms with Crippen LogP contribution >= 0.6 is 0 Å². The molecule has 1 heterocycles. The van der Waals surface area contributed by atoms with Crippen LogP contribution in [0.3, 0.4) is 0 Å². The number of amides is 2. The van der Waals surface area contributed by atoms with Crippen LogP contribution in [0.1, 0.15) is 24.8 Å². The lowest BCUT2D eigenvalue weighted by Gasteiger charge is -2.25.